The predicted octanol–water partition coefficient (Wildman–Crippen LogP) is 5.45. The van der Waals surface area contributed by atoms with Gasteiger partial charge in [-0.3, -0.25) is 4.79 Å². The van der Waals surface area contributed by atoms with Gasteiger partial charge in [-0.2, -0.15) is 0 Å². The highest BCUT2D eigenvalue weighted by molar-refractivity contribution is 9.10. The molecule has 0 radical (unpaired) electrons. The molecule has 2 nitrogen and oxygen atoms in total. The average molecular weight is 368 g/mol. The number of aryl methyl sites for hydroxylation is 1. The van der Waals surface area contributed by atoms with Crippen molar-refractivity contribution in [2.45, 2.75) is 19.8 Å². The molecule has 0 bridgehead atoms. The molecular weight excluding hydrogens is 352 g/mol. The van der Waals surface area contributed by atoms with E-state index in [1.54, 1.807) is 0 Å². The molecule has 0 atom stereocenters. The summed E-state index contributed by atoms with van der Waals surface area (Å²) in [4.78, 5) is 12.0. The Labute approximate surface area is 138 Å². The topological polar surface area (TPSA) is 26.3 Å². The fourth-order valence-corrected chi connectivity index (χ4v) is 2.47. The lowest BCUT2D eigenvalue weighted by Gasteiger charge is -2.08. The van der Waals surface area contributed by atoms with Gasteiger partial charge in [-0.1, -0.05) is 45.7 Å². The normalized spacial score (nSPS) is 10.4. The molecule has 0 saturated heterocycles. The molecule has 0 N–H and O–H groups in total. The molecular formula is C17H16BrClO2. The monoisotopic (exact) mass is 366 g/mol. The molecule has 2 rings (SSSR count). The minimum absolute atomic E-state index is 0.126. The minimum atomic E-state index is 0.126. The van der Waals surface area contributed by atoms with Crippen LogP contribution < -0.4 is 4.74 Å². The van der Waals surface area contributed by atoms with Crippen LogP contribution in [0.15, 0.2) is 46.9 Å². The summed E-state index contributed by atoms with van der Waals surface area (Å²) in [5, 5.41) is 0.606. The summed E-state index contributed by atoms with van der Waals surface area (Å²) in [7, 11) is 0. The molecule has 110 valence electrons. The van der Waals surface area contributed by atoms with E-state index in [-0.39, 0.29) is 5.78 Å². The maximum absolute atomic E-state index is 12.0. The SMILES string of the molecule is Cc1ccc(OCCCC(=O)c2ccc(Br)cc2)c(Cl)c1. The van der Waals surface area contributed by atoms with Crippen LogP contribution in [-0.4, -0.2) is 12.4 Å². The number of ketones is 1. The van der Waals surface area contributed by atoms with E-state index in [4.69, 9.17) is 16.3 Å². The highest BCUT2D eigenvalue weighted by Crippen LogP contribution is 2.25. The van der Waals surface area contributed by atoms with E-state index in [1.807, 2.05) is 49.4 Å². The predicted molar refractivity (Wildman–Crippen MR) is 89.4 cm³/mol. The molecule has 0 aliphatic rings. The third-order valence-electron chi connectivity index (χ3n) is 3.06. The van der Waals surface area contributed by atoms with Gasteiger partial charge < -0.3 is 4.74 Å². The van der Waals surface area contributed by atoms with Gasteiger partial charge in [0, 0.05) is 16.5 Å². The lowest BCUT2D eigenvalue weighted by Crippen LogP contribution is -2.04. The Morgan fingerprint density at radius 1 is 1.19 bits per heavy atom. The van der Waals surface area contributed by atoms with E-state index >= 15 is 0 Å². The van der Waals surface area contributed by atoms with E-state index < -0.39 is 0 Å². The van der Waals surface area contributed by atoms with Gasteiger partial charge in [-0.25, -0.2) is 0 Å². The number of rotatable bonds is 6. The molecule has 0 spiro atoms. The molecule has 2 aromatic carbocycles. The van der Waals surface area contributed by atoms with Crippen molar-refractivity contribution in [1.82, 2.24) is 0 Å². The second-order valence-electron chi connectivity index (χ2n) is 4.82. The standard InChI is InChI=1S/C17H16BrClO2/c1-12-4-9-17(15(19)11-12)21-10-2-3-16(20)13-5-7-14(18)8-6-13/h4-9,11H,2-3,10H2,1H3. The van der Waals surface area contributed by atoms with Crippen molar-refractivity contribution in [3.8, 4) is 5.75 Å². The van der Waals surface area contributed by atoms with Crippen LogP contribution in [0.3, 0.4) is 0 Å². The Morgan fingerprint density at radius 2 is 1.90 bits per heavy atom. The quantitative estimate of drug-likeness (QED) is 0.501. The summed E-state index contributed by atoms with van der Waals surface area (Å²) in [5.74, 6) is 0.791. The third kappa shape index (κ3) is 4.87. The Kier molecular flexibility index (Phi) is 5.83. The van der Waals surface area contributed by atoms with Crippen molar-refractivity contribution in [2.24, 2.45) is 0 Å². The molecule has 0 aromatic heterocycles. The first-order valence-electron chi connectivity index (χ1n) is 6.74. The number of benzene rings is 2. The maximum atomic E-state index is 12.0. The second kappa shape index (κ2) is 7.62. The number of ether oxygens (including phenoxy) is 1. The molecule has 0 aliphatic carbocycles. The summed E-state index contributed by atoms with van der Waals surface area (Å²) in [6.07, 6.45) is 1.13. The van der Waals surface area contributed by atoms with Crippen molar-refractivity contribution in [2.75, 3.05) is 6.61 Å². The number of Topliss-reactive ketones (excluding diaryl/α,β-unsaturated/α-hetero) is 1. The Hall–Kier alpha value is -1.32. The zero-order valence-electron chi connectivity index (χ0n) is 11.7. The lowest BCUT2D eigenvalue weighted by atomic mass is 10.1. The van der Waals surface area contributed by atoms with Gasteiger partial charge >= 0.3 is 0 Å². The number of halogens is 2. The first-order valence-corrected chi connectivity index (χ1v) is 7.91. The molecule has 4 heteroatoms. The molecule has 0 aliphatic heterocycles. The van der Waals surface area contributed by atoms with E-state index in [0.717, 1.165) is 15.6 Å². The smallest absolute Gasteiger partial charge is 0.163 e. The average Bonchev–Trinajstić information content (AvgIpc) is 2.46. The molecule has 0 saturated carbocycles. The van der Waals surface area contributed by atoms with Crippen LogP contribution >= 0.6 is 27.5 Å². The summed E-state index contributed by atoms with van der Waals surface area (Å²) in [6, 6.07) is 13.1. The summed E-state index contributed by atoms with van der Waals surface area (Å²) in [6.45, 7) is 2.46. The van der Waals surface area contributed by atoms with E-state index in [2.05, 4.69) is 15.9 Å². The van der Waals surface area contributed by atoms with Gasteiger partial charge in [0.15, 0.2) is 5.78 Å². The van der Waals surface area contributed by atoms with Crippen LogP contribution in [0.4, 0.5) is 0 Å². The highest BCUT2D eigenvalue weighted by atomic mass is 79.9. The molecule has 21 heavy (non-hydrogen) atoms. The fraction of sp³-hybridized carbons (Fsp3) is 0.235. The maximum Gasteiger partial charge on any atom is 0.163 e. The van der Waals surface area contributed by atoms with Crippen LogP contribution in [0.25, 0.3) is 0 Å². The Morgan fingerprint density at radius 3 is 2.57 bits per heavy atom. The number of hydrogen-bond donors (Lipinski definition) is 0. The number of carbonyl (C=O) groups excluding carboxylic acids is 1. The van der Waals surface area contributed by atoms with Gasteiger partial charge in [-0.15, -0.1) is 0 Å². The lowest BCUT2D eigenvalue weighted by molar-refractivity contribution is 0.0973. The van der Waals surface area contributed by atoms with Gasteiger partial charge in [0.25, 0.3) is 0 Å². The molecule has 0 unspecified atom stereocenters. The number of hydrogen-bond acceptors (Lipinski definition) is 2. The summed E-state index contributed by atoms with van der Waals surface area (Å²) < 4.78 is 6.57. The van der Waals surface area contributed by atoms with Gasteiger partial charge in [-0.05, 0) is 43.2 Å². The minimum Gasteiger partial charge on any atom is -0.492 e. The van der Waals surface area contributed by atoms with E-state index in [0.29, 0.717) is 30.2 Å². The van der Waals surface area contributed by atoms with Gasteiger partial charge in [0.2, 0.25) is 0 Å². The molecule has 0 amide bonds. The molecule has 0 fully saturated rings. The van der Waals surface area contributed by atoms with Gasteiger partial charge in [0.1, 0.15) is 5.75 Å². The van der Waals surface area contributed by atoms with Crippen LogP contribution in [0.2, 0.25) is 5.02 Å². The zero-order chi connectivity index (χ0) is 15.2. The van der Waals surface area contributed by atoms with Crippen molar-refractivity contribution in [3.63, 3.8) is 0 Å². The molecule has 0 heterocycles. The Balaban J connectivity index is 1.79. The fourth-order valence-electron chi connectivity index (χ4n) is 1.92. The highest BCUT2D eigenvalue weighted by Gasteiger charge is 2.06. The summed E-state index contributed by atoms with van der Waals surface area (Å²) >= 11 is 9.44. The van der Waals surface area contributed by atoms with E-state index in [9.17, 15) is 4.79 Å². The zero-order valence-corrected chi connectivity index (χ0v) is 14.1. The molecule has 2 aromatic rings. The number of carbonyl (C=O) groups is 1. The van der Waals surface area contributed by atoms with Crippen molar-refractivity contribution < 1.29 is 9.53 Å². The largest absolute Gasteiger partial charge is 0.492 e. The van der Waals surface area contributed by atoms with Crippen LogP contribution in [-0.2, 0) is 0 Å². The van der Waals surface area contributed by atoms with E-state index in [1.165, 1.54) is 0 Å². The third-order valence-corrected chi connectivity index (χ3v) is 3.88. The second-order valence-corrected chi connectivity index (χ2v) is 6.14. The van der Waals surface area contributed by atoms with Crippen molar-refractivity contribution >= 4 is 33.3 Å². The van der Waals surface area contributed by atoms with Crippen LogP contribution in [0, 0.1) is 6.92 Å². The summed E-state index contributed by atoms with van der Waals surface area (Å²) in [5.41, 5.74) is 1.82. The van der Waals surface area contributed by atoms with Crippen LogP contribution in [0.1, 0.15) is 28.8 Å². The van der Waals surface area contributed by atoms with Crippen molar-refractivity contribution in [3.05, 3.63) is 63.1 Å². The first-order chi connectivity index (χ1) is 10.1. The van der Waals surface area contributed by atoms with Crippen molar-refractivity contribution in [1.29, 1.82) is 0 Å². The van der Waals surface area contributed by atoms with Gasteiger partial charge in [0.05, 0.1) is 11.6 Å². The Bertz CT molecular complexity index is 623. The first kappa shape index (κ1) is 16.1. The van der Waals surface area contributed by atoms with Crippen LogP contribution in [0.5, 0.6) is 5.75 Å².